The van der Waals surface area contributed by atoms with Crippen LogP contribution in [0.2, 0.25) is 0 Å². The fraction of sp³-hybridized carbons (Fsp3) is 0.375. The molecule has 1 fully saturated rings. The van der Waals surface area contributed by atoms with Gasteiger partial charge in [0.15, 0.2) is 5.69 Å². The first-order valence-corrected chi connectivity index (χ1v) is 7.11. The summed E-state index contributed by atoms with van der Waals surface area (Å²) in [5.74, 6) is -0.0580. The van der Waals surface area contributed by atoms with Crippen LogP contribution in [0.5, 0.6) is 0 Å². The van der Waals surface area contributed by atoms with Crippen molar-refractivity contribution in [3.8, 4) is 0 Å². The van der Waals surface area contributed by atoms with Crippen LogP contribution < -0.4 is 5.32 Å². The van der Waals surface area contributed by atoms with Crippen LogP contribution in [0.15, 0.2) is 30.3 Å². The quantitative estimate of drug-likeness (QED) is 0.788. The Kier molecular flexibility index (Phi) is 3.54. The molecule has 104 valence electrons. The van der Waals surface area contributed by atoms with Crippen molar-refractivity contribution in [1.82, 2.24) is 4.98 Å². The topological polar surface area (TPSA) is 62.2 Å². The monoisotopic (exact) mass is 270 g/mol. The normalized spacial score (nSPS) is 14.4. The van der Waals surface area contributed by atoms with Gasteiger partial charge in [0.1, 0.15) is 0 Å². The van der Waals surface area contributed by atoms with Gasteiger partial charge in [0.05, 0.1) is 5.52 Å². The third-order valence-corrected chi connectivity index (χ3v) is 3.74. The first-order valence-electron chi connectivity index (χ1n) is 7.11. The molecule has 0 saturated heterocycles. The summed E-state index contributed by atoms with van der Waals surface area (Å²) in [5, 5.41) is 13.5. The number of para-hydroxylation sites is 1. The number of carboxylic acid groups (broad SMARTS) is 1. The molecule has 0 bridgehead atoms. The van der Waals surface area contributed by atoms with E-state index in [1.165, 1.54) is 19.3 Å². The Labute approximate surface area is 117 Å². The summed E-state index contributed by atoms with van der Waals surface area (Å²) in [7, 11) is 0. The standard InChI is InChI=1S/C16H18N2O2/c19-16(20)15-10-14(17-9-3-4-11-7-8-11)12-5-1-2-6-13(12)18-15/h1-2,5-6,10-11H,3-4,7-9H2,(H,17,18)(H,19,20). The van der Waals surface area contributed by atoms with E-state index >= 15 is 0 Å². The van der Waals surface area contributed by atoms with E-state index < -0.39 is 5.97 Å². The van der Waals surface area contributed by atoms with Crippen LogP contribution in [0.25, 0.3) is 10.9 Å². The lowest BCUT2D eigenvalue weighted by molar-refractivity contribution is 0.0691. The fourth-order valence-corrected chi connectivity index (χ4v) is 2.45. The maximum absolute atomic E-state index is 11.1. The second kappa shape index (κ2) is 5.49. The van der Waals surface area contributed by atoms with Crippen LogP contribution in [0.3, 0.4) is 0 Å². The number of fused-ring (bicyclic) bond motifs is 1. The fourth-order valence-electron chi connectivity index (χ4n) is 2.45. The summed E-state index contributed by atoms with van der Waals surface area (Å²) in [4.78, 5) is 15.3. The van der Waals surface area contributed by atoms with Gasteiger partial charge in [-0.05, 0) is 30.9 Å². The first kappa shape index (κ1) is 12.9. The molecule has 4 heteroatoms. The van der Waals surface area contributed by atoms with Crippen LogP contribution in [-0.4, -0.2) is 22.6 Å². The number of hydrogen-bond acceptors (Lipinski definition) is 3. The molecule has 2 aromatic rings. The molecule has 0 amide bonds. The third kappa shape index (κ3) is 2.90. The van der Waals surface area contributed by atoms with Gasteiger partial charge < -0.3 is 10.4 Å². The minimum atomic E-state index is -0.989. The second-order valence-electron chi connectivity index (χ2n) is 5.39. The molecule has 0 spiro atoms. The van der Waals surface area contributed by atoms with Gasteiger partial charge in [0, 0.05) is 17.6 Å². The molecule has 0 unspecified atom stereocenters. The molecule has 1 saturated carbocycles. The average Bonchev–Trinajstić information content (AvgIpc) is 3.27. The highest BCUT2D eigenvalue weighted by molar-refractivity contribution is 5.97. The lowest BCUT2D eigenvalue weighted by Crippen LogP contribution is -2.06. The number of aromatic nitrogens is 1. The predicted molar refractivity (Wildman–Crippen MR) is 79.2 cm³/mol. The van der Waals surface area contributed by atoms with E-state index in [9.17, 15) is 4.79 Å². The lowest BCUT2D eigenvalue weighted by Gasteiger charge is -2.10. The van der Waals surface area contributed by atoms with Gasteiger partial charge in [0.2, 0.25) is 0 Å². The highest BCUT2D eigenvalue weighted by atomic mass is 16.4. The molecule has 0 atom stereocenters. The smallest absolute Gasteiger partial charge is 0.354 e. The van der Waals surface area contributed by atoms with Crippen molar-refractivity contribution < 1.29 is 9.90 Å². The van der Waals surface area contributed by atoms with E-state index in [-0.39, 0.29) is 5.69 Å². The largest absolute Gasteiger partial charge is 0.477 e. The highest BCUT2D eigenvalue weighted by Crippen LogP contribution is 2.33. The summed E-state index contributed by atoms with van der Waals surface area (Å²) in [5.41, 5.74) is 1.68. The van der Waals surface area contributed by atoms with E-state index in [1.807, 2.05) is 24.3 Å². The van der Waals surface area contributed by atoms with Gasteiger partial charge in [-0.25, -0.2) is 9.78 Å². The Morgan fingerprint density at radius 1 is 1.35 bits per heavy atom. The Bertz CT molecular complexity index is 635. The highest BCUT2D eigenvalue weighted by Gasteiger charge is 2.20. The van der Waals surface area contributed by atoms with Crippen LogP contribution in [0, 0.1) is 5.92 Å². The second-order valence-corrected chi connectivity index (χ2v) is 5.39. The molecule has 3 rings (SSSR count). The molecule has 1 aromatic heterocycles. The predicted octanol–water partition coefficient (Wildman–Crippen LogP) is 3.54. The number of nitrogens with zero attached hydrogens (tertiary/aromatic N) is 1. The molecular weight excluding hydrogens is 252 g/mol. The summed E-state index contributed by atoms with van der Waals surface area (Å²) in [6.07, 6.45) is 5.15. The molecule has 1 aromatic carbocycles. The van der Waals surface area contributed by atoms with Crippen LogP contribution in [-0.2, 0) is 0 Å². The zero-order valence-electron chi connectivity index (χ0n) is 11.3. The molecule has 0 aliphatic heterocycles. The number of carboxylic acids is 1. The van der Waals surface area contributed by atoms with E-state index in [2.05, 4.69) is 10.3 Å². The lowest BCUT2D eigenvalue weighted by atomic mass is 10.1. The van der Waals surface area contributed by atoms with Gasteiger partial charge in [-0.1, -0.05) is 31.0 Å². The number of pyridine rings is 1. The van der Waals surface area contributed by atoms with Crippen molar-refractivity contribution in [3.63, 3.8) is 0 Å². The van der Waals surface area contributed by atoms with Crippen molar-refractivity contribution >= 4 is 22.6 Å². The molecule has 1 heterocycles. The average molecular weight is 270 g/mol. The summed E-state index contributed by atoms with van der Waals surface area (Å²) >= 11 is 0. The van der Waals surface area contributed by atoms with Gasteiger partial charge >= 0.3 is 5.97 Å². The molecule has 1 aliphatic rings. The maximum Gasteiger partial charge on any atom is 0.354 e. The minimum absolute atomic E-state index is 0.0911. The number of hydrogen-bond donors (Lipinski definition) is 2. The number of benzene rings is 1. The van der Waals surface area contributed by atoms with Gasteiger partial charge in [-0.2, -0.15) is 0 Å². The van der Waals surface area contributed by atoms with Gasteiger partial charge in [-0.3, -0.25) is 0 Å². The zero-order chi connectivity index (χ0) is 13.9. The molecule has 20 heavy (non-hydrogen) atoms. The van der Waals surface area contributed by atoms with Gasteiger partial charge in [0.25, 0.3) is 0 Å². The Hall–Kier alpha value is -2.10. The van der Waals surface area contributed by atoms with E-state index in [0.29, 0.717) is 0 Å². The van der Waals surface area contributed by atoms with Crippen molar-refractivity contribution in [2.45, 2.75) is 25.7 Å². The number of nitrogens with one attached hydrogen (secondary N) is 1. The summed E-state index contributed by atoms with van der Waals surface area (Å²) in [6, 6.07) is 9.26. The Balaban J connectivity index is 1.80. The summed E-state index contributed by atoms with van der Waals surface area (Å²) < 4.78 is 0. The van der Waals surface area contributed by atoms with Crippen LogP contribution >= 0.6 is 0 Å². The molecule has 1 aliphatic carbocycles. The number of aromatic carboxylic acids is 1. The number of carbonyl (C=O) groups is 1. The van der Waals surface area contributed by atoms with Gasteiger partial charge in [-0.15, -0.1) is 0 Å². The third-order valence-electron chi connectivity index (χ3n) is 3.74. The van der Waals surface area contributed by atoms with Crippen LogP contribution in [0.4, 0.5) is 5.69 Å². The number of rotatable bonds is 6. The van der Waals surface area contributed by atoms with E-state index in [1.54, 1.807) is 6.07 Å². The maximum atomic E-state index is 11.1. The zero-order valence-corrected chi connectivity index (χ0v) is 11.3. The minimum Gasteiger partial charge on any atom is -0.477 e. The molecule has 2 N–H and O–H groups in total. The van der Waals surface area contributed by atoms with Crippen molar-refractivity contribution in [1.29, 1.82) is 0 Å². The summed E-state index contributed by atoms with van der Waals surface area (Å²) in [6.45, 7) is 0.879. The van der Waals surface area contributed by atoms with Crippen LogP contribution in [0.1, 0.15) is 36.2 Å². The van der Waals surface area contributed by atoms with E-state index in [4.69, 9.17) is 5.11 Å². The Morgan fingerprint density at radius 3 is 2.90 bits per heavy atom. The SMILES string of the molecule is O=C(O)c1cc(NCCCC2CC2)c2ccccc2n1. The molecular formula is C16H18N2O2. The van der Waals surface area contributed by atoms with Crippen molar-refractivity contribution in [2.24, 2.45) is 5.92 Å². The van der Waals surface area contributed by atoms with E-state index in [0.717, 1.165) is 35.5 Å². The van der Waals surface area contributed by atoms with Crippen molar-refractivity contribution in [2.75, 3.05) is 11.9 Å². The number of anilines is 1. The molecule has 4 nitrogen and oxygen atoms in total. The van der Waals surface area contributed by atoms with Crippen molar-refractivity contribution in [3.05, 3.63) is 36.0 Å². The molecule has 0 radical (unpaired) electrons. The first-order chi connectivity index (χ1) is 9.74. The Morgan fingerprint density at radius 2 is 2.15 bits per heavy atom.